The van der Waals surface area contributed by atoms with Gasteiger partial charge in [0.25, 0.3) is 0 Å². The molecule has 0 saturated heterocycles. The molecule has 0 unspecified atom stereocenters. The Morgan fingerprint density at radius 3 is 3.24 bits per heavy atom. The van der Waals surface area contributed by atoms with Gasteiger partial charge in [0.2, 0.25) is 0 Å². The van der Waals surface area contributed by atoms with Crippen molar-refractivity contribution in [3.8, 4) is 0 Å². The molecular formula is C11H13N5O. The molecule has 1 aliphatic rings. The van der Waals surface area contributed by atoms with Gasteiger partial charge in [-0.1, -0.05) is 6.08 Å². The second-order valence-electron chi connectivity index (χ2n) is 3.86. The van der Waals surface area contributed by atoms with Crippen molar-refractivity contribution < 1.29 is 4.74 Å². The van der Waals surface area contributed by atoms with E-state index in [0.717, 1.165) is 24.4 Å². The second-order valence-corrected chi connectivity index (χ2v) is 3.86. The summed E-state index contributed by atoms with van der Waals surface area (Å²) >= 11 is 0. The van der Waals surface area contributed by atoms with E-state index in [1.807, 2.05) is 10.6 Å². The first kappa shape index (κ1) is 10.2. The van der Waals surface area contributed by atoms with E-state index in [4.69, 9.17) is 4.74 Å². The average molecular weight is 231 g/mol. The second kappa shape index (κ2) is 4.14. The first-order valence-corrected chi connectivity index (χ1v) is 5.49. The van der Waals surface area contributed by atoms with E-state index < -0.39 is 0 Å². The lowest BCUT2D eigenvalue weighted by Gasteiger charge is -2.25. The van der Waals surface area contributed by atoms with Crippen LogP contribution in [-0.4, -0.2) is 39.2 Å². The largest absolute Gasteiger partial charge is 0.359 e. The normalized spacial score (nSPS) is 15.6. The summed E-state index contributed by atoms with van der Waals surface area (Å²) in [6.07, 6.45) is 5.14. The molecule has 0 N–H and O–H groups in total. The Morgan fingerprint density at radius 1 is 1.41 bits per heavy atom. The maximum Gasteiger partial charge on any atom is 0.183 e. The highest BCUT2D eigenvalue weighted by Gasteiger charge is 2.17. The summed E-state index contributed by atoms with van der Waals surface area (Å²) in [6, 6.07) is 0. The van der Waals surface area contributed by atoms with Crippen LogP contribution in [0.15, 0.2) is 25.3 Å². The quantitative estimate of drug-likeness (QED) is 0.716. The van der Waals surface area contributed by atoms with Crippen molar-refractivity contribution in [1.82, 2.24) is 19.5 Å². The van der Waals surface area contributed by atoms with Crippen LogP contribution in [0.3, 0.4) is 0 Å². The van der Waals surface area contributed by atoms with Crippen LogP contribution in [0.5, 0.6) is 0 Å². The van der Waals surface area contributed by atoms with Crippen molar-refractivity contribution in [3.05, 3.63) is 25.3 Å². The topological polar surface area (TPSA) is 56.1 Å². The number of ether oxygens (including phenoxy) is 1. The average Bonchev–Trinajstić information content (AvgIpc) is 2.74. The Balaban J connectivity index is 2.20. The summed E-state index contributed by atoms with van der Waals surface area (Å²) < 4.78 is 7.48. The molecule has 88 valence electrons. The number of anilines is 1. The van der Waals surface area contributed by atoms with Gasteiger partial charge < -0.3 is 14.2 Å². The maximum atomic E-state index is 5.55. The number of hydrogen-bond donors (Lipinski definition) is 0. The molecule has 0 amide bonds. The van der Waals surface area contributed by atoms with Crippen LogP contribution in [0.2, 0.25) is 0 Å². The predicted octanol–water partition coefficient (Wildman–Crippen LogP) is 0.806. The summed E-state index contributed by atoms with van der Waals surface area (Å²) in [5.74, 6) is 0.899. The summed E-state index contributed by atoms with van der Waals surface area (Å²) in [6.45, 7) is 6.46. The van der Waals surface area contributed by atoms with Gasteiger partial charge in [0, 0.05) is 13.1 Å². The van der Waals surface area contributed by atoms with E-state index in [1.54, 1.807) is 12.7 Å². The molecule has 17 heavy (non-hydrogen) atoms. The minimum absolute atomic E-state index is 0.499. The molecule has 3 heterocycles. The fourth-order valence-electron chi connectivity index (χ4n) is 2.00. The Hall–Kier alpha value is -1.95. The summed E-state index contributed by atoms with van der Waals surface area (Å²) in [7, 11) is 0. The minimum atomic E-state index is 0.499. The monoisotopic (exact) mass is 231 g/mol. The third-order valence-corrected chi connectivity index (χ3v) is 2.78. The highest BCUT2D eigenvalue weighted by molar-refractivity contribution is 5.83. The van der Waals surface area contributed by atoms with E-state index in [9.17, 15) is 0 Å². The van der Waals surface area contributed by atoms with Crippen LogP contribution in [0.25, 0.3) is 11.2 Å². The van der Waals surface area contributed by atoms with Crippen molar-refractivity contribution in [2.45, 2.75) is 6.73 Å². The van der Waals surface area contributed by atoms with Crippen LogP contribution in [0.4, 0.5) is 5.82 Å². The summed E-state index contributed by atoms with van der Waals surface area (Å²) in [5.41, 5.74) is 1.63. The molecule has 0 bridgehead atoms. The minimum Gasteiger partial charge on any atom is -0.359 e. The third kappa shape index (κ3) is 1.66. The van der Waals surface area contributed by atoms with Gasteiger partial charge in [-0.25, -0.2) is 15.0 Å². The van der Waals surface area contributed by atoms with Gasteiger partial charge in [0.15, 0.2) is 11.5 Å². The third-order valence-electron chi connectivity index (χ3n) is 2.78. The predicted molar refractivity (Wildman–Crippen MR) is 63.7 cm³/mol. The van der Waals surface area contributed by atoms with Crippen molar-refractivity contribution in [2.24, 2.45) is 0 Å². The van der Waals surface area contributed by atoms with Crippen LogP contribution >= 0.6 is 0 Å². The van der Waals surface area contributed by atoms with Gasteiger partial charge in [0.1, 0.15) is 18.6 Å². The molecule has 1 aliphatic heterocycles. The number of rotatable bonds is 2. The molecule has 0 radical (unpaired) electrons. The first-order valence-electron chi connectivity index (χ1n) is 5.49. The van der Waals surface area contributed by atoms with Crippen LogP contribution in [0.1, 0.15) is 0 Å². The van der Waals surface area contributed by atoms with E-state index in [-0.39, 0.29) is 0 Å². The van der Waals surface area contributed by atoms with Crippen LogP contribution in [0, 0.1) is 0 Å². The van der Waals surface area contributed by atoms with Crippen LogP contribution in [-0.2, 0) is 11.5 Å². The SMILES string of the molecule is C=CCN1CCOCn2cnc3ncnc1c32. The summed E-state index contributed by atoms with van der Waals surface area (Å²) in [4.78, 5) is 14.9. The molecule has 0 spiro atoms. The standard InChI is InChI=1S/C11H13N5O/c1-2-3-15-4-5-17-8-16-7-14-10-9(16)11(15)13-6-12-10/h2,6-7H,1,3-5,8H2. The smallest absolute Gasteiger partial charge is 0.183 e. The van der Waals surface area contributed by atoms with E-state index in [1.165, 1.54) is 0 Å². The first-order chi connectivity index (χ1) is 8.40. The molecule has 0 fully saturated rings. The Kier molecular flexibility index (Phi) is 2.49. The molecule has 6 heteroatoms. The Morgan fingerprint density at radius 2 is 2.35 bits per heavy atom. The van der Waals surface area contributed by atoms with Crippen LogP contribution < -0.4 is 4.90 Å². The van der Waals surface area contributed by atoms with Gasteiger partial charge in [-0.15, -0.1) is 6.58 Å². The highest BCUT2D eigenvalue weighted by atomic mass is 16.5. The maximum absolute atomic E-state index is 5.55. The fourth-order valence-corrected chi connectivity index (χ4v) is 2.00. The summed E-state index contributed by atoms with van der Waals surface area (Å²) in [5, 5.41) is 0. The molecule has 0 aliphatic carbocycles. The zero-order chi connectivity index (χ0) is 11.7. The lowest BCUT2D eigenvalue weighted by molar-refractivity contribution is 0.0830. The fraction of sp³-hybridized carbons (Fsp3) is 0.364. The van der Waals surface area contributed by atoms with Gasteiger partial charge in [0.05, 0.1) is 12.9 Å². The highest BCUT2D eigenvalue weighted by Crippen LogP contribution is 2.23. The molecule has 0 saturated carbocycles. The number of aromatic nitrogens is 4. The van der Waals surface area contributed by atoms with E-state index in [2.05, 4.69) is 26.4 Å². The lowest BCUT2D eigenvalue weighted by Crippen LogP contribution is -2.30. The van der Waals surface area contributed by atoms with Gasteiger partial charge in [-0.05, 0) is 0 Å². The van der Waals surface area contributed by atoms with E-state index >= 15 is 0 Å². The zero-order valence-electron chi connectivity index (χ0n) is 9.41. The Bertz CT molecular complexity index is 550. The molecule has 2 aromatic rings. The molecule has 0 aromatic carbocycles. The molecule has 3 rings (SSSR count). The van der Waals surface area contributed by atoms with Crippen molar-refractivity contribution in [3.63, 3.8) is 0 Å². The van der Waals surface area contributed by atoms with Crippen molar-refractivity contribution >= 4 is 17.0 Å². The number of hydrogen-bond acceptors (Lipinski definition) is 5. The Labute approximate surface area is 98.6 Å². The number of nitrogens with zero attached hydrogens (tertiary/aromatic N) is 5. The number of imidazole rings is 1. The van der Waals surface area contributed by atoms with Gasteiger partial charge >= 0.3 is 0 Å². The van der Waals surface area contributed by atoms with Crippen molar-refractivity contribution in [2.75, 3.05) is 24.6 Å². The van der Waals surface area contributed by atoms with E-state index in [0.29, 0.717) is 19.0 Å². The molecule has 2 aromatic heterocycles. The van der Waals surface area contributed by atoms with Gasteiger partial charge in [-0.3, -0.25) is 0 Å². The lowest BCUT2D eigenvalue weighted by atomic mass is 10.4. The molecule has 6 nitrogen and oxygen atoms in total. The zero-order valence-corrected chi connectivity index (χ0v) is 9.41. The molecular weight excluding hydrogens is 218 g/mol. The van der Waals surface area contributed by atoms with Gasteiger partial charge in [-0.2, -0.15) is 0 Å². The van der Waals surface area contributed by atoms with Crippen molar-refractivity contribution in [1.29, 1.82) is 0 Å². The molecule has 0 atom stereocenters.